The topological polar surface area (TPSA) is 87.3 Å². The molecular weight excluding hydrogens is 565 g/mol. The van der Waals surface area contributed by atoms with Crippen LogP contribution in [0.25, 0.3) is 6.08 Å². The standard InChI is InChI=1S/C31H25Cl2N3O3S/c1-20-13-14-25(18-27(20)33)34-29(37)19-40-26-12-6-11-24(17-26)35-31(39)28(16-21-7-5-10-23(32)15-21)36-30(38)22-8-3-2-4-9-22/h2-18H,19H2,1H3,(H,34,37)(H,35,39)(H,36,38)/b28-16-. The Morgan fingerprint density at radius 2 is 1.55 bits per heavy atom. The van der Waals surface area contributed by atoms with Crippen LogP contribution in [0.15, 0.2) is 108 Å². The first-order valence-corrected chi connectivity index (χ1v) is 13.9. The Labute approximate surface area is 246 Å². The number of aryl methyl sites for hydroxylation is 1. The van der Waals surface area contributed by atoms with E-state index in [0.29, 0.717) is 32.5 Å². The van der Waals surface area contributed by atoms with Gasteiger partial charge in [-0.1, -0.05) is 65.7 Å². The maximum atomic E-state index is 13.3. The van der Waals surface area contributed by atoms with Gasteiger partial charge in [0.25, 0.3) is 11.8 Å². The van der Waals surface area contributed by atoms with Crippen LogP contribution in [-0.4, -0.2) is 23.5 Å². The zero-order valence-electron chi connectivity index (χ0n) is 21.4. The van der Waals surface area contributed by atoms with Gasteiger partial charge in [0.2, 0.25) is 5.91 Å². The van der Waals surface area contributed by atoms with E-state index in [2.05, 4.69) is 16.0 Å². The molecule has 6 nitrogen and oxygen atoms in total. The summed E-state index contributed by atoms with van der Waals surface area (Å²) >= 11 is 13.6. The number of anilines is 2. The summed E-state index contributed by atoms with van der Waals surface area (Å²) in [6.45, 7) is 1.89. The van der Waals surface area contributed by atoms with Gasteiger partial charge in [0.15, 0.2) is 0 Å². The van der Waals surface area contributed by atoms with Gasteiger partial charge in [-0.3, -0.25) is 14.4 Å². The molecule has 0 atom stereocenters. The molecule has 0 aliphatic carbocycles. The first-order valence-electron chi connectivity index (χ1n) is 12.2. The van der Waals surface area contributed by atoms with E-state index in [1.165, 1.54) is 11.8 Å². The highest BCUT2D eigenvalue weighted by atomic mass is 35.5. The fraction of sp³-hybridized carbons (Fsp3) is 0.0645. The molecular formula is C31H25Cl2N3O3S. The molecule has 4 rings (SSSR count). The van der Waals surface area contributed by atoms with Crippen LogP contribution in [0.4, 0.5) is 11.4 Å². The number of amides is 3. The third-order valence-corrected chi connectivity index (χ3v) is 7.24. The molecule has 0 saturated heterocycles. The van der Waals surface area contributed by atoms with Crippen LogP contribution in [0.3, 0.4) is 0 Å². The number of thioether (sulfide) groups is 1. The Morgan fingerprint density at radius 3 is 2.30 bits per heavy atom. The van der Waals surface area contributed by atoms with E-state index in [0.717, 1.165) is 10.5 Å². The third-order valence-electron chi connectivity index (χ3n) is 5.61. The maximum absolute atomic E-state index is 13.3. The van der Waals surface area contributed by atoms with E-state index in [1.54, 1.807) is 91.0 Å². The molecule has 0 spiro atoms. The summed E-state index contributed by atoms with van der Waals surface area (Å²) in [4.78, 5) is 39.4. The lowest BCUT2D eigenvalue weighted by molar-refractivity contribution is -0.114. The van der Waals surface area contributed by atoms with Gasteiger partial charge in [0.05, 0.1) is 5.75 Å². The molecule has 4 aromatic carbocycles. The first kappa shape index (κ1) is 29.0. The summed E-state index contributed by atoms with van der Waals surface area (Å²) in [7, 11) is 0. The normalized spacial score (nSPS) is 11.0. The van der Waals surface area contributed by atoms with Crippen LogP contribution in [0, 0.1) is 6.92 Å². The van der Waals surface area contributed by atoms with E-state index in [-0.39, 0.29) is 17.4 Å². The van der Waals surface area contributed by atoms with Gasteiger partial charge < -0.3 is 16.0 Å². The highest BCUT2D eigenvalue weighted by Crippen LogP contribution is 2.24. The molecule has 202 valence electrons. The molecule has 0 radical (unpaired) electrons. The lowest BCUT2D eigenvalue weighted by Crippen LogP contribution is -2.30. The van der Waals surface area contributed by atoms with E-state index in [1.807, 2.05) is 19.1 Å². The Balaban J connectivity index is 1.44. The van der Waals surface area contributed by atoms with Gasteiger partial charge in [0, 0.05) is 31.9 Å². The van der Waals surface area contributed by atoms with Crippen molar-refractivity contribution >= 4 is 70.1 Å². The number of nitrogens with one attached hydrogen (secondary N) is 3. The third kappa shape index (κ3) is 8.48. The molecule has 3 N–H and O–H groups in total. The Kier molecular flexibility index (Phi) is 10.0. The molecule has 0 heterocycles. The predicted octanol–water partition coefficient (Wildman–Crippen LogP) is 7.44. The second-order valence-electron chi connectivity index (χ2n) is 8.72. The smallest absolute Gasteiger partial charge is 0.272 e. The van der Waals surface area contributed by atoms with Gasteiger partial charge in [0.1, 0.15) is 5.70 Å². The minimum Gasteiger partial charge on any atom is -0.325 e. The molecule has 3 amide bonds. The Bertz CT molecular complexity index is 1580. The SMILES string of the molecule is Cc1ccc(NC(=O)CSc2cccc(NC(=O)/C(=C/c3cccc(Cl)c3)NC(=O)c3ccccc3)c2)cc1Cl. The van der Waals surface area contributed by atoms with Crippen LogP contribution in [0.2, 0.25) is 10.0 Å². The molecule has 40 heavy (non-hydrogen) atoms. The van der Waals surface area contributed by atoms with E-state index in [9.17, 15) is 14.4 Å². The number of halogens is 2. The highest BCUT2D eigenvalue weighted by molar-refractivity contribution is 8.00. The maximum Gasteiger partial charge on any atom is 0.272 e. The van der Waals surface area contributed by atoms with Crippen LogP contribution in [0.1, 0.15) is 21.5 Å². The van der Waals surface area contributed by atoms with Crippen molar-refractivity contribution in [1.82, 2.24) is 5.32 Å². The number of hydrogen-bond donors (Lipinski definition) is 3. The molecule has 4 aromatic rings. The molecule has 0 saturated carbocycles. The van der Waals surface area contributed by atoms with Crippen molar-refractivity contribution in [3.8, 4) is 0 Å². The Hall–Kier alpha value is -4.04. The van der Waals surface area contributed by atoms with Crippen molar-refractivity contribution in [3.05, 3.63) is 129 Å². The molecule has 0 aromatic heterocycles. The van der Waals surface area contributed by atoms with Crippen molar-refractivity contribution in [2.45, 2.75) is 11.8 Å². The first-order chi connectivity index (χ1) is 19.3. The van der Waals surface area contributed by atoms with E-state index < -0.39 is 11.8 Å². The van der Waals surface area contributed by atoms with Gasteiger partial charge in [-0.2, -0.15) is 0 Å². The number of carbonyl (C=O) groups is 3. The lowest BCUT2D eigenvalue weighted by Gasteiger charge is -2.12. The van der Waals surface area contributed by atoms with Gasteiger partial charge >= 0.3 is 0 Å². The second-order valence-corrected chi connectivity index (χ2v) is 10.6. The highest BCUT2D eigenvalue weighted by Gasteiger charge is 2.16. The van der Waals surface area contributed by atoms with Gasteiger partial charge in [-0.05, 0) is 78.7 Å². The summed E-state index contributed by atoms with van der Waals surface area (Å²) in [5.74, 6) is -0.958. The molecule has 0 aliphatic rings. The summed E-state index contributed by atoms with van der Waals surface area (Å²) in [5, 5.41) is 9.45. The summed E-state index contributed by atoms with van der Waals surface area (Å²) in [6.07, 6.45) is 1.56. The fourth-order valence-electron chi connectivity index (χ4n) is 3.58. The zero-order chi connectivity index (χ0) is 28.5. The summed E-state index contributed by atoms with van der Waals surface area (Å²) in [5.41, 5.74) is 3.17. The molecule has 0 aliphatic heterocycles. The largest absolute Gasteiger partial charge is 0.325 e. The predicted molar refractivity (Wildman–Crippen MR) is 164 cm³/mol. The van der Waals surface area contributed by atoms with Crippen molar-refractivity contribution in [3.63, 3.8) is 0 Å². The minimum atomic E-state index is -0.514. The molecule has 9 heteroatoms. The van der Waals surface area contributed by atoms with Gasteiger partial charge in [-0.25, -0.2) is 0 Å². The average molecular weight is 591 g/mol. The molecule has 0 fully saturated rings. The quantitative estimate of drug-likeness (QED) is 0.140. The zero-order valence-corrected chi connectivity index (χ0v) is 23.7. The van der Waals surface area contributed by atoms with Crippen molar-refractivity contribution in [1.29, 1.82) is 0 Å². The number of benzene rings is 4. The number of rotatable bonds is 9. The van der Waals surface area contributed by atoms with Crippen LogP contribution < -0.4 is 16.0 Å². The molecule has 0 unspecified atom stereocenters. The van der Waals surface area contributed by atoms with Crippen LogP contribution >= 0.6 is 35.0 Å². The minimum absolute atomic E-state index is 0.0466. The number of hydrogen-bond acceptors (Lipinski definition) is 4. The Morgan fingerprint density at radius 1 is 0.800 bits per heavy atom. The van der Waals surface area contributed by atoms with Crippen LogP contribution in [0.5, 0.6) is 0 Å². The molecule has 0 bridgehead atoms. The van der Waals surface area contributed by atoms with Crippen molar-refractivity contribution in [2.75, 3.05) is 16.4 Å². The average Bonchev–Trinajstić information content (AvgIpc) is 2.94. The number of carbonyl (C=O) groups excluding carboxylic acids is 3. The van der Waals surface area contributed by atoms with Gasteiger partial charge in [-0.15, -0.1) is 11.8 Å². The lowest BCUT2D eigenvalue weighted by atomic mass is 10.1. The fourth-order valence-corrected chi connectivity index (χ4v) is 4.72. The van der Waals surface area contributed by atoms with Crippen molar-refractivity contribution in [2.24, 2.45) is 0 Å². The second kappa shape index (κ2) is 13.8. The summed E-state index contributed by atoms with van der Waals surface area (Å²) in [6, 6.07) is 28.0. The van der Waals surface area contributed by atoms with E-state index in [4.69, 9.17) is 23.2 Å². The summed E-state index contributed by atoms with van der Waals surface area (Å²) < 4.78 is 0. The monoisotopic (exact) mass is 589 g/mol. The van der Waals surface area contributed by atoms with Crippen molar-refractivity contribution < 1.29 is 14.4 Å². The van der Waals surface area contributed by atoms with E-state index >= 15 is 0 Å². The van der Waals surface area contributed by atoms with Crippen LogP contribution in [-0.2, 0) is 9.59 Å².